The summed E-state index contributed by atoms with van der Waals surface area (Å²) in [5.74, 6) is 0.497. The van der Waals surface area contributed by atoms with Crippen LogP contribution in [0.4, 0.5) is 0 Å². The van der Waals surface area contributed by atoms with E-state index in [0.29, 0.717) is 12.5 Å². The van der Waals surface area contributed by atoms with Crippen LogP contribution >= 0.6 is 0 Å². The highest BCUT2D eigenvalue weighted by molar-refractivity contribution is 7.84. The molecule has 0 saturated carbocycles. The van der Waals surface area contributed by atoms with E-state index in [0.717, 1.165) is 0 Å². The Morgan fingerprint density at radius 3 is 2.57 bits per heavy atom. The Morgan fingerprint density at radius 1 is 1.86 bits per heavy atom. The SMILES string of the molecule is CS(=O)CNCN. The third-order valence-electron chi connectivity index (χ3n) is 0.450. The first-order valence-electron chi connectivity index (χ1n) is 1.98. The van der Waals surface area contributed by atoms with Gasteiger partial charge in [-0.15, -0.1) is 0 Å². The Bertz CT molecular complexity index is 66.0. The summed E-state index contributed by atoms with van der Waals surface area (Å²) in [5.41, 5.74) is 5.03. The largest absolute Gasteiger partial charge is 0.318 e. The second-order valence-corrected chi connectivity index (χ2v) is 2.61. The predicted molar refractivity (Wildman–Crippen MR) is 31.1 cm³/mol. The zero-order chi connectivity index (χ0) is 5.70. The molecule has 3 nitrogen and oxygen atoms in total. The van der Waals surface area contributed by atoms with Crippen LogP contribution in [0, 0.1) is 0 Å². The molecular formula is C3H10N2OS. The maximum absolute atomic E-state index is 10.2. The molecule has 0 fully saturated rings. The summed E-state index contributed by atoms with van der Waals surface area (Å²) in [6.45, 7) is 0.402. The minimum atomic E-state index is -0.757. The Morgan fingerprint density at radius 2 is 2.43 bits per heavy atom. The molecule has 0 heterocycles. The van der Waals surface area contributed by atoms with Crippen molar-refractivity contribution in [3.8, 4) is 0 Å². The summed E-state index contributed by atoms with van der Waals surface area (Å²) in [4.78, 5) is 0. The van der Waals surface area contributed by atoms with Crippen LogP contribution in [0.3, 0.4) is 0 Å². The molecular weight excluding hydrogens is 112 g/mol. The second-order valence-electron chi connectivity index (χ2n) is 1.17. The average molecular weight is 122 g/mol. The summed E-state index contributed by atoms with van der Waals surface area (Å²) in [6.07, 6.45) is 1.63. The summed E-state index contributed by atoms with van der Waals surface area (Å²) in [7, 11) is -0.757. The van der Waals surface area contributed by atoms with Gasteiger partial charge in [0, 0.05) is 23.7 Å². The number of nitrogens with one attached hydrogen (secondary N) is 1. The van der Waals surface area contributed by atoms with E-state index in [-0.39, 0.29) is 0 Å². The van der Waals surface area contributed by atoms with Gasteiger partial charge in [0.05, 0.1) is 5.88 Å². The molecule has 0 aromatic carbocycles. The monoisotopic (exact) mass is 122 g/mol. The van der Waals surface area contributed by atoms with Gasteiger partial charge in [-0.1, -0.05) is 0 Å². The molecule has 0 aromatic rings. The molecule has 0 saturated heterocycles. The fourth-order valence-corrected chi connectivity index (χ4v) is 0.608. The number of rotatable bonds is 3. The van der Waals surface area contributed by atoms with E-state index in [1.807, 2.05) is 0 Å². The van der Waals surface area contributed by atoms with Crippen molar-refractivity contribution in [1.82, 2.24) is 5.32 Å². The van der Waals surface area contributed by atoms with Crippen LogP contribution in [0.25, 0.3) is 0 Å². The molecule has 0 radical (unpaired) electrons. The molecule has 0 aliphatic rings. The Hall–Kier alpha value is 0.0700. The van der Waals surface area contributed by atoms with Crippen molar-refractivity contribution in [2.75, 3.05) is 18.8 Å². The van der Waals surface area contributed by atoms with Crippen LogP contribution < -0.4 is 11.1 Å². The van der Waals surface area contributed by atoms with Gasteiger partial charge < -0.3 is 5.73 Å². The van der Waals surface area contributed by atoms with Gasteiger partial charge in [-0.2, -0.15) is 0 Å². The molecule has 4 heteroatoms. The molecule has 0 aromatic heterocycles. The van der Waals surface area contributed by atoms with Crippen molar-refractivity contribution in [1.29, 1.82) is 0 Å². The molecule has 3 N–H and O–H groups in total. The fraction of sp³-hybridized carbons (Fsp3) is 1.00. The maximum Gasteiger partial charge on any atom is 0.0729 e. The van der Waals surface area contributed by atoms with E-state index in [2.05, 4.69) is 5.32 Å². The molecule has 1 unspecified atom stereocenters. The second kappa shape index (κ2) is 4.23. The van der Waals surface area contributed by atoms with Crippen LogP contribution in [0.1, 0.15) is 0 Å². The molecule has 0 aliphatic carbocycles. The normalized spacial score (nSPS) is 14.0. The minimum absolute atomic E-state index is 0.402. The van der Waals surface area contributed by atoms with Crippen LogP contribution in [-0.2, 0) is 10.8 Å². The van der Waals surface area contributed by atoms with Gasteiger partial charge in [-0.3, -0.25) is 9.53 Å². The van der Waals surface area contributed by atoms with Crippen molar-refractivity contribution in [2.45, 2.75) is 0 Å². The first-order chi connectivity index (χ1) is 3.27. The van der Waals surface area contributed by atoms with Gasteiger partial charge in [-0.05, 0) is 0 Å². The van der Waals surface area contributed by atoms with E-state index in [9.17, 15) is 4.21 Å². The molecule has 0 amide bonds. The Labute approximate surface area is 45.7 Å². The van der Waals surface area contributed by atoms with Crippen LogP contribution in [-0.4, -0.2) is 23.0 Å². The lowest BCUT2D eigenvalue weighted by Gasteiger charge is -1.92. The van der Waals surface area contributed by atoms with Gasteiger partial charge in [0.25, 0.3) is 0 Å². The minimum Gasteiger partial charge on any atom is -0.318 e. The number of hydrogen-bond donors (Lipinski definition) is 2. The van der Waals surface area contributed by atoms with E-state index >= 15 is 0 Å². The quantitative estimate of drug-likeness (QED) is 0.464. The summed E-state index contributed by atoms with van der Waals surface area (Å²) >= 11 is 0. The molecule has 7 heavy (non-hydrogen) atoms. The van der Waals surface area contributed by atoms with Gasteiger partial charge >= 0.3 is 0 Å². The highest BCUT2D eigenvalue weighted by atomic mass is 32.2. The van der Waals surface area contributed by atoms with Crippen LogP contribution in [0.15, 0.2) is 0 Å². The number of hydrogen-bond acceptors (Lipinski definition) is 3. The van der Waals surface area contributed by atoms with Gasteiger partial charge in [0.15, 0.2) is 0 Å². The van der Waals surface area contributed by atoms with Gasteiger partial charge in [0.2, 0.25) is 0 Å². The zero-order valence-corrected chi connectivity index (χ0v) is 5.12. The molecule has 44 valence electrons. The molecule has 0 rings (SSSR count). The Kier molecular flexibility index (Phi) is 4.28. The van der Waals surface area contributed by atoms with Crippen molar-refractivity contribution >= 4 is 10.8 Å². The Balaban J connectivity index is 2.82. The first-order valence-corrected chi connectivity index (χ1v) is 3.71. The zero-order valence-electron chi connectivity index (χ0n) is 4.31. The smallest absolute Gasteiger partial charge is 0.0729 e. The maximum atomic E-state index is 10.2. The van der Waals surface area contributed by atoms with Gasteiger partial charge in [0.1, 0.15) is 0 Å². The van der Waals surface area contributed by atoms with E-state index in [1.54, 1.807) is 6.26 Å². The predicted octanol–water partition coefficient (Wildman–Crippen LogP) is -1.17. The summed E-state index contributed by atoms with van der Waals surface area (Å²) in [6, 6.07) is 0. The third kappa shape index (κ3) is 6.07. The fourth-order valence-electron chi connectivity index (χ4n) is 0.203. The van der Waals surface area contributed by atoms with Crippen molar-refractivity contribution in [2.24, 2.45) is 5.73 Å². The summed E-state index contributed by atoms with van der Waals surface area (Å²) in [5, 5.41) is 2.73. The average Bonchev–Trinajstić information content (AvgIpc) is 1.61. The topological polar surface area (TPSA) is 55.1 Å². The third-order valence-corrected chi connectivity index (χ3v) is 1.06. The van der Waals surface area contributed by atoms with E-state index < -0.39 is 10.8 Å². The highest BCUT2D eigenvalue weighted by Crippen LogP contribution is 1.63. The molecule has 0 spiro atoms. The van der Waals surface area contributed by atoms with Crippen molar-refractivity contribution < 1.29 is 4.21 Å². The van der Waals surface area contributed by atoms with E-state index in [1.165, 1.54) is 0 Å². The lowest BCUT2D eigenvalue weighted by molar-refractivity contribution is 0.678. The van der Waals surface area contributed by atoms with Crippen LogP contribution in [0.5, 0.6) is 0 Å². The molecule has 0 bridgehead atoms. The lowest BCUT2D eigenvalue weighted by atomic mass is 11.1. The molecule has 0 aliphatic heterocycles. The highest BCUT2D eigenvalue weighted by Gasteiger charge is 1.82. The molecule has 1 atom stereocenters. The van der Waals surface area contributed by atoms with Crippen LogP contribution in [0.2, 0.25) is 0 Å². The summed E-state index contributed by atoms with van der Waals surface area (Å²) < 4.78 is 10.2. The standard InChI is InChI=1S/C3H10N2OS/c1-7(6)3-5-2-4/h5H,2-4H2,1H3. The van der Waals surface area contributed by atoms with Gasteiger partial charge in [-0.25, -0.2) is 0 Å². The number of nitrogens with two attached hydrogens (primary N) is 1. The van der Waals surface area contributed by atoms with Crippen molar-refractivity contribution in [3.63, 3.8) is 0 Å². The van der Waals surface area contributed by atoms with Crippen molar-refractivity contribution in [3.05, 3.63) is 0 Å². The lowest BCUT2D eigenvalue weighted by Crippen LogP contribution is -2.25. The first kappa shape index (κ1) is 7.07. The van der Waals surface area contributed by atoms with E-state index in [4.69, 9.17) is 5.73 Å².